The van der Waals surface area contributed by atoms with Crippen molar-refractivity contribution >= 4 is 22.5 Å². The molecule has 1 aromatic heterocycles. The molecule has 0 aliphatic rings. The third-order valence-electron chi connectivity index (χ3n) is 3.23. The Kier molecular flexibility index (Phi) is 3.42. The van der Waals surface area contributed by atoms with Gasteiger partial charge in [-0.1, -0.05) is 18.2 Å². The molecule has 1 amide bonds. The quantitative estimate of drug-likeness (QED) is 0.764. The van der Waals surface area contributed by atoms with E-state index in [-0.39, 0.29) is 22.2 Å². The number of para-hydroxylation sites is 2. The maximum Gasteiger partial charge on any atom is 0.261 e. The SMILES string of the molecule is O=C(Nc1ccccc1F)c1c[nH]c2c(F)cccc2c1=O. The number of carbonyl (C=O) groups excluding carboxylic acids is 1. The molecule has 0 radical (unpaired) electrons. The largest absolute Gasteiger partial charge is 0.358 e. The van der Waals surface area contributed by atoms with Gasteiger partial charge in [-0.15, -0.1) is 0 Å². The number of pyridine rings is 1. The van der Waals surface area contributed by atoms with Crippen molar-refractivity contribution in [1.29, 1.82) is 0 Å². The summed E-state index contributed by atoms with van der Waals surface area (Å²) in [6.45, 7) is 0. The summed E-state index contributed by atoms with van der Waals surface area (Å²) in [6, 6.07) is 9.60. The van der Waals surface area contributed by atoms with E-state index in [1.165, 1.54) is 36.4 Å². The Hall–Kier alpha value is -3.02. The van der Waals surface area contributed by atoms with Gasteiger partial charge in [-0.25, -0.2) is 8.78 Å². The van der Waals surface area contributed by atoms with Crippen LogP contribution in [0.25, 0.3) is 10.9 Å². The highest BCUT2D eigenvalue weighted by Gasteiger charge is 2.15. The van der Waals surface area contributed by atoms with E-state index in [9.17, 15) is 18.4 Å². The lowest BCUT2D eigenvalue weighted by Crippen LogP contribution is -2.22. The van der Waals surface area contributed by atoms with E-state index < -0.39 is 23.0 Å². The van der Waals surface area contributed by atoms with E-state index in [4.69, 9.17) is 0 Å². The van der Waals surface area contributed by atoms with Crippen molar-refractivity contribution in [1.82, 2.24) is 4.98 Å². The van der Waals surface area contributed by atoms with Crippen LogP contribution in [-0.4, -0.2) is 10.9 Å². The number of benzene rings is 2. The first kappa shape index (κ1) is 13.9. The van der Waals surface area contributed by atoms with E-state index in [0.717, 1.165) is 6.20 Å². The number of H-pyrrole nitrogens is 1. The Morgan fingerprint density at radius 1 is 1.00 bits per heavy atom. The van der Waals surface area contributed by atoms with Crippen LogP contribution in [0, 0.1) is 11.6 Å². The number of rotatable bonds is 2. The number of hydrogen-bond acceptors (Lipinski definition) is 2. The highest BCUT2D eigenvalue weighted by Crippen LogP contribution is 2.15. The summed E-state index contributed by atoms with van der Waals surface area (Å²) in [7, 11) is 0. The summed E-state index contributed by atoms with van der Waals surface area (Å²) in [4.78, 5) is 27.0. The third kappa shape index (κ3) is 2.35. The van der Waals surface area contributed by atoms with Gasteiger partial charge >= 0.3 is 0 Å². The fourth-order valence-electron chi connectivity index (χ4n) is 2.14. The van der Waals surface area contributed by atoms with Gasteiger partial charge in [0.1, 0.15) is 17.2 Å². The fraction of sp³-hybridized carbons (Fsp3) is 0. The smallest absolute Gasteiger partial charge is 0.261 e. The van der Waals surface area contributed by atoms with Crippen LogP contribution in [0.1, 0.15) is 10.4 Å². The lowest BCUT2D eigenvalue weighted by atomic mass is 10.1. The van der Waals surface area contributed by atoms with Crippen LogP contribution in [0.4, 0.5) is 14.5 Å². The Bertz CT molecular complexity index is 935. The third-order valence-corrected chi connectivity index (χ3v) is 3.23. The number of hydrogen-bond donors (Lipinski definition) is 2. The van der Waals surface area contributed by atoms with Crippen LogP contribution in [0.2, 0.25) is 0 Å². The minimum absolute atomic E-state index is 0.0231. The minimum atomic E-state index is -0.766. The van der Waals surface area contributed by atoms with Crippen LogP contribution >= 0.6 is 0 Å². The molecule has 0 fully saturated rings. The maximum atomic E-state index is 13.6. The fourth-order valence-corrected chi connectivity index (χ4v) is 2.14. The van der Waals surface area contributed by atoms with Crippen LogP contribution < -0.4 is 10.7 Å². The Labute approximate surface area is 123 Å². The van der Waals surface area contributed by atoms with E-state index in [2.05, 4.69) is 10.3 Å². The number of nitrogens with one attached hydrogen (secondary N) is 2. The molecule has 3 rings (SSSR count). The molecule has 1 heterocycles. The second-order valence-corrected chi connectivity index (χ2v) is 4.63. The first-order chi connectivity index (χ1) is 10.6. The second kappa shape index (κ2) is 5.40. The average molecular weight is 300 g/mol. The molecule has 2 aromatic carbocycles. The van der Waals surface area contributed by atoms with Gasteiger partial charge in [0.25, 0.3) is 5.91 Å². The first-order valence-electron chi connectivity index (χ1n) is 6.43. The first-order valence-corrected chi connectivity index (χ1v) is 6.43. The summed E-state index contributed by atoms with van der Waals surface area (Å²) >= 11 is 0. The zero-order chi connectivity index (χ0) is 15.7. The lowest BCUT2D eigenvalue weighted by molar-refractivity contribution is 0.102. The van der Waals surface area contributed by atoms with Crippen molar-refractivity contribution in [3.8, 4) is 0 Å². The molecule has 0 aliphatic carbocycles. The predicted octanol–water partition coefficient (Wildman–Crippen LogP) is 3.06. The maximum absolute atomic E-state index is 13.6. The van der Waals surface area contributed by atoms with Crippen molar-refractivity contribution in [3.05, 3.63) is 76.1 Å². The number of fused-ring (bicyclic) bond motifs is 1. The zero-order valence-electron chi connectivity index (χ0n) is 11.2. The van der Waals surface area contributed by atoms with Crippen molar-refractivity contribution in [2.45, 2.75) is 0 Å². The van der Waals surface area contributed by atoms with Crippen LogP contribution in [0.3, 0.4) is 0 Å². The van der Waals surface area contributed by atoms with Gasteiger partial charge < -0.3 is 10.3 Å². The molecule has 0 saturated carbocycles. The van der Waals surface area contributed by atoms with Crippen molar-refractivity contribution in [3.63, 3.8) is 0 Å². The summed E-state index contributed by atoms with van der Waals surface area (Å²) in [5, 5.41) is 2.38. The topological polar surface area (TPSA) is 62.0 Å². The molecule has 0 atom stereocenters. The zero-order valence-corrected chi connectivity index (χ0v) is 11.2. The number of aromatic amines is 1. The van der Waals surface area contributed by atoms with E-state index in [1.54, 1.807) is 6.07 Å². The van der Waals surface area contributed by atoms with Crippen LogP contribution in [-0.2, 0) is 0 Å². The van der Waals surface area contributed by atoms with Crippen LogP contribution in [0.5, 0.6) is 0 Å². The molecule has 2 N–H and O–H groups in total. The van der Waals surface area contributed by atoms with Crippen molar-refractivity contribution < 1.29 is 13.6 Å². The average Bonchev–Trinajstić information content (AvgIpc) is 2.51. The van der Waals surface area contributed by atoms with E-state index in [1.807, 2.05) is 0 Å². The van der Waals surface area contributed by atoms with Gasteiger partial charge in [0.15, 0.2) is 0 Å². The normalized spacial score (nSPS) is 10.6. The summed E-state index contributed by atoms with van der Waals surface area (Å²) in [6.07, 6.45) is 1.12. The molecule has 110 valence electrons. The van der Waals surface area contributed by atoms with Crippen molar-refractivity contribution in [2.75, 3.05) is 5.32 Å². The molecular formula is C16H10F2N2O2. The van der Waals surface area contributed by atoms with Gasteiger partial charge in [-0.05, 0) is 24.3 Å². The van der Waals surface area contributed by atoms with E-state index in [0.29, 0.717) is 0 Å². The molecule has 4 nitrogen and oxygen atoms in total. The van der Waals surface area contributed by atoms with Crippen LogP contribution in [0.15, 0.2) is 53.5 Å². The molecule has 3 aromatic rings. The highest BCUT2D eigenvalue weighted by atomic mass is 19.1. The van der Waals surface area contributed by atoms with Gasteiger partial charge in [0, 0.05) is 11.6 Å². The van der Waals surface area contributed by atoms with Gasteiger partial charge in [-0.3, -0.25) is 9.59 Å². The molecule has 22 heavy (non-hydrogen) atoms. The summed E-state index contributed by atoms with van der Waals surface area (Å²) in [5.41, 5.74) is -0.857. The summed E-state index contributed by atoms with van der Waals surface area (Å²) < 4.78 is 27.1. The monoisotopic (exact) mass is 300 g/mol. The Morgan fingerprint density at radius 2 is 1.73 bits per heavy atom. The Balaban J connectivity index is 2.04. The van der Waals surface area contributed by atoms with Gasteiger partial charge in [0.2, 0.25) is 5.43 Å². The number of amides is 1. The molecule has 0 aliphatic heterocycles. The number of halogens is 2. The Morgan fingerprint density at radius 3 is 2.50 bits per heavy atom. The standard InChI is InChI=1S/C16H10F2N2O2/c17-11-5-1-2-7-13(11)20-16(22)10-8-19-14-9(15(10)21)4-3-6-12(14)18/h1-8H,(H,19,21)(H,20,22). The molecular weight excluding hydrogens is 290 g/mol. The minimum Gasteiger partial charge on any atom is -0.358 e. The molecule has 0 bridgehead atoms. The van der Waals surface area contributed by atoms with Gasteiger partial charge in [0.05, 0.1) is 11.2 Å². The predicted molar refractivity (Wildman–Crippen MR) is 78.9 cm³/mol. The number of aromatic nitrogens is 1. The molecule has 6 heteroatoms. The summed E-state index contributed by atoms with van der Waals surface area (Å²) in [5.74, 6) is -1.97. The molecule has 0 saturated heterocycles. The number of anilines is 1. The molecule has 0 spiro atoms. The second-order valence-electron chi connectivity index (χ2n) is 4.63. The van der Waals surface area contributed by atoms with Crippen molar-refractivity contribution in [2.24, 2.45) is 0 Å². The number of carbonyl (C=O) groups is 1. The molecule has 0 unspecified atom stereocenters. The highest BCUT2D eigenvalue weighted by molar-refractivity contribution is 6.05. The van der Waals surface area contributed by atoms with E-state index >= 15 is 0 Å². The van der Waals surface area contributed by atoms with Gasteiger partial charge in [-0.2, -0.15) is 0 Å². The lowest BCUT2D eigenvalue weighted by Gasteiger charge is -2.07.